The third-order valence-electron chi connectivity index (χ3n) is 2.31. The summed E-state index contributed by atoms with van der Waals surface area (Å²) in [5.41, 5.74) is 1.09. The molecule has 1 aliphatic rings. The Morgan fingerprint density at radius 3 is 2.93 bits per heavy atom. The molecule has 1 aromatic heterocycles. The van der Waals surface area contributed by atoms with Crippen LogP contribution in [0, 0.1) is 6.92 Å². The van der Waals surface area contributed by atoms with Crippen LogP contribution in [0.3, 0.4) is 0 Å². The fraction of sp³-hybridized carbons (Fsp3) is 0.455. The summed E-state index contributed by atoms with van der Waals surface area (Å²) >= 11 is 0. The highest BCUT2D eigenvalue weighted by atomic mass is 16.1. The summed E-state index contributed by atoms with van der Waals surface area (Å²) in [7, 11) is 0. The Kier molecular flexibility index (Phi) is 2.97. The van der Waals surface area contributed by atoms with Crippen LogP contribution in [0.2, 0.25) is 0 Å². The van der Waals surface area contributed by atoms with Gasteiger partial charge in [0.2, 0.25) is 5.91 Å². The number of carbonyl (C=O) groups is 1. The Morgan fingerprint density at radius 1 is 1.53 bits per heavy atom. The van der Waals surface area contributed by atoms with E-state index >= 15 is 0 Å². The van der Waals surface area contributed by atoms with Gasteiger partial charge in [-0.1, -0.05) is 6.07 Å². The zero-order valence-corrected chi connectivity index (χ0v) is 8.79. The van der Waals surface area contributed by atoms with Gasteiger partial charge < -0.3 is 10.6 Å². The molecule has 0 saturated heterocycles. The van der Waals surface area contributed by atoms with Crippen LogP contribution in [0.5, 0.6) is 0 Å². The van der Waals surface area contributed by atoms with Crippen LogP contribution in [0.4, 0.5) is 5.82 Å². The summed E-state index contributed by atoms with van der Waals surface area (Å²) in [5, 5.41) is 5.89. The van der Waals surface area contributed by atoms with E-state index in [0.717, 1.165) is 5.56 Å². The van der Waals surface area contributed by atoms with Crippen molar-refractivity contribution in [1.29, 1.82) is 0 Å². The molecule has 0 aromatic carbocycles. The van der Waals surface area contributed by atoms with Crippen molar-refractivity contribution in [1.82, 2.24) is 10.3 Å². The molecular weight excluding hydrogens is 190 g/mol. The van der Waals surface area contributed by atoms with Gasteiger partial charge in [-0.15, -0.1) is 0 Å². The van der Waals surface area contributed by atoms with Crippen molar-refractivity contribution in [2.24, 2.45) is 0 Å². The standard InChI is InChI=1S/C11H15N3O/c1-8-2-5-10(13-6-8)14-11(15)7-12-9-3-4-9/h2,5-6,9,12H,3-4,7H2,1H3,(H,13,14,15). The number of carbonyl (C=O) groups excluding carboxylic acids is 1. The molecule has 2 N–H and O–H groups in total. The quantitative estimate of drug-likeness (QED) is 0.773. The first kappa shape index (κ1) is 10.1. The molecule has 1 fully saturated rings. The largest absolute Gasteiger partial charge is 0.310 e. The number of aryl methyl sites for hydroxylation is 1. The number of pyridine rings is 1. The predicted molar refractivity (Wildman–Crippen MR) is 58.6 cm³/mol. The Bertz CT molecular complexity index is 343. The summed E-state index contributed by atoms with van der Waals surface area (Å²) in [5.74, 6) is 0.585. The smallest absolute Gasteiger partial charge is 0.239 e. The van der Waals surface area contributed by atoms with Crippen LogP contribution in [0.15, 0.2) is 18.3 Å². The minimum absolute atomic E-state index is 0.0294. The molecule has 0 spiro atoms. The van der Waals surface area contributed by atoms with E-state index in [0.29, 0.717) is 18.4 Å². The van der Waals surface area contributed by atoms with Crippen molar-refractivity contribution >= 4 is 11.7 Å². The third-order valence-corrected chi connectivity index (χ3v) is 2.31. The summed E-state index contributed by atoms with van der Waals surface area (Å²) < 4.78 is 0. The van der Waals surface area contributed by atoms with Gasteiger partial charge in [-0.05, 0) is 31.4 Å². The lowest BCUT2D eigenvalue weighted by Gasteiger charge is -2.04. The predicted octanol–water partition coefficient (Wildman–Crippen LogP) is 1.08. The maximum atomic E-state index is 11.4. The molecule has 1 aliphatic carbocycles. The average Bonchev–Trinajstić information content (AvgIpc) is 3.02. The number of nitrogens with one attached hydrogen (secondary N) is 2. The van der Waals surface area contributed by atoms with Gasteiger partial charge in [-0.3, -0.25) is 4.79 Å². The van der Waals surface area contributed by atoms with E-state index in [1.165, 1.54) is 12.8 Å². The first-order valence-electron chi connectivity index (χ1n) is 5.20. The Hall–Kier alpha value is -1.42. The van der Waals surface area contributed by atoms with Crippen LogP contribution in [-0.2, 0) is 4.79 Å². The van der Waals surface area contributed by atoms with Crippen LogP contribution >= 0.6 is 0 Å². The van der Waals surface area contributed by atoms with Crippen molar-refractivity contribution in [3.8, 4) is 0 Å². The van der Waals surface area contributed by atoms with Crippen molar-refractivity contribution in [3.63, 3.8) is 0 Å². The van der Waals surface area contributed by atoms with Crippen LogP contribution in [-0.4, -0.2) is 23.5 Å². The molecule has 4 heteroatoms. The summed E-state index contributed by atoms with van der Waals surface area (Å²) in [6, 6.07) is 4.29. The van der Waals surface area contributed by atoms with E-state index in [9.17, 15) is 4.79 Å². The molecule has 0 bridgehead atoms. The van der Waals surface area contributed by atoms with Crippen LogP contribution in [0.25, 0.3) is 0 Å². The Morgan fingerprint density at radius 2 is 2.33 bits per heavy atom. The molecule has 1 saturated carbocycles. The molecule has 0 atom stereocenters. The lowest BCUT2D eigenvalue weighted by atomic mass is 10.3. The van der Waals surface area contributed by atoms with Crippen molar-refractivity contribution in [2.75, 3.05) is 11.9 Å². The van der Waals surface area contributed by atoms with Gasteiger partial charge in [-0.25, -0.2) is 4.98 Å². The van der Waals surface area contributed by atoms with Gasteiger partial charge in [0.25, 0.3) is 0 Å². The lowest BCUT2D eigenvalue weighted by molar-refractivity contribution is -0.115. The van der Waals surface area contributed by atoms with E-state index in [2.05, 4.69) is 15.6 Å². The van der Waals surface area contributed by atoms with Gasteiger partial charge in [0.15, 0.2) is 0 Å². The zero-order valence-electron chi connectivity index (χ0n) is 8.79. The number of amides is 1. The number of anilines is 1. The average molecular weight is 205 g/mol. The second-order valence-electron chi connectivity index (χ2n) is 3.92. The van der Waals surface area contributed by atoms with Crippen LogP contribution < -0.4 is 10.6 Å². The van der Waals surface area contributed by atoms with Gasteiger partial charge >= 0.3 is 0 Å². The molecule has 15 heavy (non-hydrogen) atoms. The van der Waals surface area contributed by atoms with Crippen LogP contribution in [0.1, 0.15) is 18.4 Å². The van der Waals surface area contributed by atoms with E-state index in [1.54, 1.807) is 6.20 Å². The molecule has 2 rings (SSSR count). The van der Waals surface area contributed by atoms with E-state index in [4.69, 9.17) is 0 Å². The monoisotopic (exact) mass is 205 g/mol. The van der Waals surface area contributed by atoms with Crippen molar-refractivity contribution in [2.45, 2.75) is 25.8 Å². The van der Waals surface area contributed by atoms with Gasteiger partial charge in [0.1, 0.15) is 5.82 Å². The summed E-state index contributed by atoms with van der Waals surface area (Å²) in [6.45, 7) is 2.34. The molecule has 0 aliphatic heterocycles. The molecular formula is C11H15N3O. The Balaban J connectivity index is 1.79. The summed E-state index contributed by atoms with van der Waals surface area (Å²) in [4.78, 5) is 15.5. The third kappa shape index (κ3) is 3.32. The highest BCUT2D eigenvalue weighted by Crippen LogP contribution is 2.18. The first-order valence-corrected chi connectivity index (χ1v) is 5.20. The number of hydrogen-bond acceptors (Lipinski definition) is 3. The van der Waals surface area contributed by atoms with E-state index in [1.807, 2.05) is 19.1 Å². The number of rotatable bonds is 4. The number of aromatic nitrogens is 1. The molecule has 1 heterocycles. The van der Waals surface area contributed by atoms with Gasteiger partial charge in [0.05, 0.1) is 6.54 Å². The van der Waals surface area contributed by atoms with Gasteiger partial charge in [-0.2, -0.15) is 0 Å². The highest BCUT2D eigenvalue weighted by molar-refractivity contribution is 5.91. The van der Waals surface area contributed by atoms with E-state index in [-0.39, 0.29) is 5.91 Å². The first-order chi connectivity index (χ1) is 7.24. The Labute approximate surface area is 89.1 Å². The molecule has 4 nitrogen and oxygen atoms in total. The molecule has 0 unspecified atom stereocenters. The highest BCUT2D eigenvalue weighted by Gasteiger charge is 2.21. The minimum Gasteiger partial charge on any atom is -0.310 e. The zero-order chi connectivity index (χ0) is 10.7. The fourth-order valence-electron chi connectivity index (χ4n) is 1.25. The number of nitrogens with zero attached hydrogens (tertiary/aromatic N) is 1. The normalized spacial score (nSPS) is 15.0. The van der Waals surface area contributed by atoms with Gasteiger partial charge in [0, 0.05) is 12.2 Å². The second kappa shape index (κ2) is 4.40. The van der Waals surface area contributed by atoms with Crippen molar-refractivity contribution in [3.05, 3.63) is 23.9 Å². The summed E-state index contributed by atoms with van der Waals surface area (Å²) in [6.07, 6.45) is 4.12. The SMILES string of the molecule is Cc1ccc(NC(=O)CNC2CC2)nc1. The molecule has 0 radical (unpaired) electrons. The van der Waals surface area contributed by atoms with Crippen molar-refractivity contribution < 1.29 is 4.79 Å². The minimum atomic E-state index is -0.0294. The maximum absolute atomic E-state index is 11.4. The molecule has 80 valence electrons. The number of hydrogen-bond donors (Lipinski definition) is 2. The molecule has 1 amide bonds. The lowest BCUT2D eigenvalue weighted by Crippen LogP contribution is -2.29. The molecule has 1 aromatic rings. The second-order valence-corrected chi connectivity index (χ2v) is 3.92. The topological polar surface area (TPSA) is 54.0 Å². The fourth-order valence-corrected chi connectivity index (χ4v) is 1.25. The van der Waals surface area contributed by atoms with E-state index < -0.39 is 0 Å². The maximum Gasteiger partial charge on any atom is 0.239 e.